The van der Waals surface area contributed by atoms with Gasteiger partial charge in [0.25, 0.3) is 0 Å². The smallest absolute Gasteiger partial charge is 0.342 e. The standard InChI is InChI=1S/C28H28FN5O2/c29-23-16-21(20-7-9-24-22(15-20)4-2-1-3-12-30-24)8-10-25(23)34-26(31-32-28(34)36)14-18-11-13-33(17-18)27(35)19-5-6-19/h1,3,7-10,12,15-16,18-19H,2,4-6,11,13-14,17H2,(H,32,36). The number of amides is 1. The highest BCUT2D eigenvalue weighted by Crippen LogP contribution is 2.34. The first-order valence-corrected chi connectivity index (χ1v) is 12.6. The normalized spacial score (nSPS) is 19.2. The number of nitrogens with zero attached hydrogens (tertiary/aromatic N) is 4. The van der Waals surface area contributed by atoms with Crippen molar-refractivity contribution in [2.45, 2.75) is 38.5 Å². The van der Waals surface area contributed by atoms with Crippen molar-refractivity contribution in [3.05, 3.63) is 76.2 Å². The Bertz CT molecular complexity index is 1430. The highest BCUT2D eigenvalue weighted by Gasteiger charge is 2.37. The first-order chi connectivity index (χ1) is 17.6. The van der Waals surface area contributed by atoms with Gasteiger partial charge in [-0.1, -0.05) is 18.2 Å². The molecule has 1 saturated carbocycles. The summed E-state index contributed by atoms with van der Waals surface area (Å²) in [5.74, 6) is 0.653. The minimum absolute atomic E-state index is 0.178. The Balaban J connectivity index is 1.24. The van der Waals surface area contributed by atoms with Gasteiger partial charge in [0.05, 0.1) is 11.4 Å². The molecule has 2 fully saturated rings. The first kappa shape index (κ1) is 22.6. The molecule has 0 spiro atoms. The van der Waals surface area contributed by atoms with Gasteiger partial charge in [0.2, 0.25) is 5.91 Å². The van der Waals surface area contributed by atoms with Gasteiger partial charge in [0.1, 0.15) is 11.6 Å². The molecule has 3 aliphatic rings. The van der Waals surface area contributed by atoms with Crippen LogP contribution in [-0.4, -0.2) is 44.9 Å². The maximum Gasteiger partial charge on any atom is 0.348 e. The average Bonchev–Trinajstić information content (AvgIpc) is 3.51. The number of nitrogens with one attached hydrogen (secondary N) is 1. The van der Waals surface area contributed by atoms with Crippen molar-refractivity contribution in [3.8, 4) is 16.8 Å². The van der Waals surface area contributed by atoms with Gasteiger partial charge in [0.15, 0.2) is 0 Å². The van der Waals surface area contributed by atoms with Crippen molar-refractivity contribution in [1.29, 1.82) is 0 Å². The number of aromatic amines is 1. The third-order valence-corrected chi connectivity index (χ3v) is 7.35. The largest absolute Gasteiger partial charge is 0.348 e. The molecule has 1 amide bonds. The van der Waals surface area contributed by atoms with Crippen LogP contribution in [0.5, 0.6) is 0 Å². The van der Waals surface area contributed by atoms with Crippen LogP contribution in [0, 0.1) is 17.7 Å². The van der Waals surface area contributed by atoms with Crippen molar-refractivity contribution < 1.29 is 9.18 Å². The molecule has 1 unspecified atom stereocenters. The number of carbonyl (C=O) groups excluding carboxylic acids is 1. The third-order valence-electron chi connectivity index (χ3n) is 7.35. The number of H-pyrrole nitrogens is 1. The van der Waals surface area contributed by atoms with E-state index in [1.165, 1.54) is 10.6 Å². The molecule has 1 atom stereocenters. The molecule has 8 heteroatoms. The summed E-state index contributed by atoms with van der Waals surface area (Å²) in [5.41, 5.74) is 3.41. The van der Waals surface area contributed by atoms with Crippen molar-refractivity contribution in [3.63, 3.8) is 0 Å². The zero-order chi connectivity index (χ0) is 24.6. The fourth-order valence-corrected chi connectivity index (χ4v) is 5.24. The lowest BCUT2D eigenvalue weighted by atomic mass is 9.98. The second-order valence-electron chi connectivity index (χ2n) is 9.95. The molecule has 2 aliphatic heterocycles. The van der Waals surface area contributed by atoms with Crippen molar-refractivity contribution >= 4 is 17.8 Å². The van der Waals surface area contributed by atoms with E-state index in [9.17, 15) is 9.59 Å². The molecule has 6 rings (SSSR count). The van der Waals surface area contributed by atoms with Crippen LogP contribution in [0.2, 0.25) is 0 Å². The predicted octanol–water partition coefficient (Wildman–Crippen LogP) is 4.37. The lowest BCUT2D eigenvalue weighted by molar-refractivity contribution is -0.131. The van der Waals surface area contributed by atoms with E-state index in [0.717, 1.165) is 61.0 Å². The van der Waals surface area contributed by atoms with E-state index in [0.29, 0.717) is 18.8 Å². The van der Waals surface area contributed by atoms with Crippen molar-refractivity contribution in [2.24, 2.45) is 16.8 Å². The van der Waals surface area contributed by atoms with Gasteiger partial charge in [-0.05, 0) is 85.1 Å². The molecule has 1 N–H and O–H groups in total. The molecule has 1 aromatic heterocycles. The maximum atomic E-state index is 15.4. The summed E-state index contributed by atoms with van der Waals surface area (Å²) in [7, 11) is 0. The lowest BCUT2D eigenvalue weighted by Gasteiger charge is -2.16. The number of rotatable bonds is 5. The van der Waals surface area contributed by atoms with E-state index in [-0.39, 0.29) is 23.4 Å². The number of hydrogen-bond acceptors (Lipinski definition) is 4. The van der Waals surface area contributed by atoms with Crippen LogP contribution in [0.25, 0.3) is 16.8 Å². The number of allylic oxidation sites excluding steroid dienone is 2. The van der Waals surface area contributed by atoms with Crippen LogP contribution >= 0.6 is 0 Å². The second-order valence-corrected chi connectivity index (χ2v) is 9.95. The Kier molecular flexibility index (Phi) is 5.87. The summed E-state index contributed by atoms with van der Waals surface area (Å²) in [6.45, 7) is 1.40. The molecule has 1 saturated heterocycles. The molecule has 0 bridgehead atoms. The summed E-state index contributed by atoms with van der Waals surface area (Å²) in [4.78, 5) is 31.4. The molecule has 0 radical (unpaired) electrons. The Morgan fingerprint density at radius 2 is 1.94 bits per heavy atom. The van der Waals surface area contributed by atoms with Gasteiger partial charge in [-0.25, -0.2) is 18.9 Å². The van der Waals surface area contributed by atoms with Crippen LogP contribution in [0.15, 0.2) is 58.3 Å². The molecule has 2 aromatic carbocycles. The van der Waals surface area contributed by atoms with Crippen molar-refractivity contribution in [2.75, 3.05) is 13.1 Å². The highest BCUT2D eigenvalue weighted by atomic mass is 19.1. The summed E-state index contributed by atoms with van der Waals surface area (Å²) in [6.07, 6.45) is 11.0. The van der Waals surface area contributed by atoms with E-state index in [1.54, 1.807) is 12.3 Å². The summed E-state index contributed by atoms with van der Waals surface area (Å²) >= 11 is 0. The average molecular weight is 486 g/mol. The molecule has 1 aliphatic carbocycles. The number of hydrogen-bond donors (Lipinski definition) is 1. The van der Waals surface area contributed by atoms with Gasteiger partial charge in [0, 0.05) is 31.6 Å². The van der Waals surface area contributed by atoms with Crippen LogP contribution in [0.3, 0.4) is 0 Å². The van der Waals surface area contributed by atoms with Gasteiger partial charge in [-0.3, -0.25) is 9.79 Å². The highest BCUT2D eigenvalue weighted by molar-refractivity contribution is 5.81. The monoisotopic (exact) mass is 485 g/mol. The molecule has 3 aromatic rings. The number of aromatic nitrogens is 3. The number of carbonyl (C=O) groups is 1. The number of benzene rings is 2. The van der Waals surface area contributed by atoms with Crippen LogP contribution in [0.1, 0.15) is 37.1 Å². The van der Waals surface area contributed by atoms with Crippen LogP contribution in [0.4, 0.5) is 10.1 Å². The summed E-state index contributed by atoms with van der Waals surface area (Å²) in [6, 6.07) is 10.9. The van der Waals surface area contributed by atoms with Gasteiger partial charge < -0.3 is 4.90 Å². The predicted molar refractivity (Wildman–Crippen MR) is 136 cm³/mol. The van der Waals surface area contributed by atoms with E-state index in [4.69, 9.17) is 0 Å². The quantitative estimate of drug-likeness (QED) is 0.583. The minimum atomic E-state index is -0.484. The second kappa shape index (κ2) is 9.33. The van der Waals surface area contributed by atoms with E-state index in [1.807, 2.05) is 29.2 Å². The molecule has 7 nitrogen and oxygen atoms in total. The van der Waals surface area contributed by atoms with Gasteiger partial charge >= 0.3 is 5.69 Å². The van der Waals surface area contributed by atoms with Crippen LogP contribution in [-0.2, 0) is 17.6 Å². The summed E-state index contributed by atoms with van der Waals surface area (Å²) in [5, 5.41) is 6.68. The molecule has 3 heterocycles. The SMILES string of the molecule is O=C(C1CC1)N1CCC(Cc2n[nH]c(=O)n2-c2ccc(-c3ccc4c(c3)CCC=CC=N4)cc2F)C1. The van der Waals surface area contributed by atoms with Crippen molar-refractivity contribution in [1.82, 2.24) is 19.7 Å². The molecular weight excluding hydrogens is 457 g/mol. The number of likely N-dealkylation sites (tertiary alicyclic amines) is 1. The number of aryl methyl sites for hydroxylation is 1. The Morgan fingerprint density at radius 3 is 2.78 bits per heavy atom. The molecule has 184 valence electrons. The first-order valence-electron chi connectivity index (χ1n) is 12.6. The Hall–Kier alpha value is -3.81. The summed E-state index contributed by atoms with van der Waals surface area (Å²) < 4.78 is 16.7. The lowest BCUT2D eigenvalue weighted by Crippen LogP contribution is -2.30. The van der Waals surface area contributed by atoms with E-state index in [2.05, 4.69) is 27.3 Å². The third kappa shape index (κ3) is 4.43. The van der Waals surface area contributed by atoms with Gasteiger partial charge in [-0.15, -0.1) is 0 Å². The fourth-order valence-electron chi connectivity index (χ4n) is 5.24. The Labute approximate surface area is 208 Å². The zero-order valence-electron chi connectivity index (χ0n) is 20.0. The maximum absolute atomic E-state index is 15.4. The van der Waals surface area contributed by atoms with E-state index >= 15 is 4.39 Å². The van der Waals surface area contributed by atoms with Crippen LogP contribution < -0.4 is 5.69 Å². The minimum Gasteiger partial charge on any atom is -0.342 e. The number of fused-ring (bicyclic) bond motifs is 1. The molecule has 36 heavy (non-hydrogen) atoms. The van der Waals surface area contributed by atoms with Gasteiger partial charge in [-0.2, -0.15) is 5.10 Å². The number of aliphatic imine (C=N–C) groups is 1. The van der Waals surface area contributed by atoms with E-state index < -0.39 is 11.5 Å². The fraction of sp³-hybridized carbons (Fsp3) is 0.357. The Morgan fingerprint density at radius 1 is 1.11 bits per heavy atom. The topological polar surface area (TPSA) is 83.4 Å². The number of halogens is 1. The molecular formula is C28H28FN5O2. The zero-order valence-corrected chi connectivity index (χ0v) is 20.0.